The van der Waals surface area contributed by atoms with Crippen molar-refractivity contribution in [3.8, 4) is 11.3 Å². The number of carbonyl (C=O) groups excluding carboxylic acids is 1. The molecule has 16 heavy (non-hydrogen) atoms. The fourth-order valence-corrected chi connectivity index (χ4v) is 1.89. The first kappa shape index (κ1) is 11.2. The summed E-state index contributed by atoms with van der Waals surface area (Å²) < 4.78 is 18.7. The smallest absolute Gasteiger partial charge is 0.185 e. The second-order valence-electron chi connectivity index (χ2n) is 3.06. The van der Waals surface area contributed by atoms with E-state index in [1.807, 2.05) is 0 Å². The van der Waals surface area contributed by atoms with Gasteiger partial charge in [0.25, 0.3) is 0 Å². The number of furan rings is 1. The van der Waals surface area contributed by atoms with Gasteiger partial charge in [-0.2, -0.15) is 0 Å². The van der Waals surface area contributed by atoms with Gasteiger partial charge in [0.2, 0.25) is 0 Å². The molecule has 2 aromatic rings. The quantitative estimate of drug-likeness (QED) is 0.756. The first-order valence-electron chi connectivity index (χ1n) is 4.31. The fraction of sp³-hybridized carbons (Fsp3) is 0. The molecule has 2 rings (SSSR count). The highest BCUT2D eigenvalue weighted by Gasteiger charge is 2.14. The molecule has 0 saturated heterocycles. The molecule has 0 radical (unpaired) electrons. The Morgan fingerprint density at radius 2 is 2.00 bits per heavy atom. The standard InChI is InChI=1S/C11H5Cl2FO2/c12-6-3-8(13)11(9(14)4-6)10-2-1-7(5-15)16-10/h1-5H. The van der Waals surface area contributed by atoms with Crippen molar-refractivity contribution in [2.75, 3.05) is 0 Å². The summed E-state index contributed by atoms with van der Waals surface area (Å²) in [6.45, 7) is 0. The molecule has 0 aliphatic rings. The maximum atomic E-state index is 13.6. The van der Waals surface area contributed by atoms with E-state index in [1.165, 1.54) is 18.2 Å². The zero-order valence-electron chi connectivity index (χ0n) is 7.84. The summed E-state index contributed by atoms with van der Waals surface area (Å²) in [5.74, 6) is -0.286. The minimum Gasteiger partial charge on any atom is -0.453 e. The molecule has 0 amide bonds. The summed E-state index contributed by atoms with van der Waals surface area (Å²) in [6.07, 6.45) is 0.533. The normalized spacial score (nSPS) is 10.4. The largest absolute Gasteiger partial charge is 0.453 e. The van der Waals surface area contributed by atoms with E-state index in [0.717, 1.165) is 6.07 Å². The number of hydrogen-bond donors (Lipinski definition) is 0. The van der Waals surface area contributed by atoms with Crippen molar-refractivity contribution in [3.05, 3.63) is 45.9 Å². The first-order valence-corrected chi connectivity index (χ1v) is 5.07. The average molecular weight is 259 g/mol. The summed E-state index contributed by atoms with van der Waals surface area (Å²) in [5.41, 5.74) is 0.0965. The lowest BCUT2D eigenvalue weighted by atomic mass is 10.1. The predicted molar refractivity (Wildman–Crippen MR) is 59.5 cm³/mol. The van der Waals surface area contributed by atoms with Crippen molar-refractivity contribution in [1.82, 2.24) is 0 Å². The van der Waals surface area contributed by atoms with Crippen LogP contribution in [0, 0.1) is 5.82 Å². The number of benzene rings is 1. The van der Waals surface area contributed by atoms with Crippen LogP contribution in [-0.2, 0) is 0 Å². The van der Waals surface area contributed by atoms with E-state index in [-0.39, 0.29) is 27.1 Å². The van der Waals surface area contributed by atoms with Crippen LogP contribution in [0.4, 0.5) is 4.39 Å². The third-order valence-corrected chi connectivity index (χ3v) is 2.51. The lowest BCUT2D eigenvalue weighted by molar-refractivity contribution is 0.110. The van der Waals surface area contributed by atoms with Crippen LogP contribution in [-0.4, -0.2) is 6.29 Å². The van der Waals surface area contributed by atoms with Gasteiger partial charge < -0.3 is 4.42 Å². The minimum atomic E-state index is -0.593. The van der Waals surface area contributed by atoms with Gasteiger partial charge in [0.05, 0.1) is 10.6 Å². The highest BCUT2D eigenvalue weighted by Crippen LogP contribution is 2.33. The van der Waals surface area contributed by atoms with Gasteiger partial charge in [-0.25, -0.2) is 4.39 Å². The van der Waals surface area contributed by atoms with Crippen LogP contribution in [0.3, 0.4) is 0 Å². The highest BCUT2D eigenvalue weighted by molar-refractivity contribution is 6.36. The van der Waals surface area contributed by atoms with E-state index in [0.29, 0.717) is 6.29 Å². The second-order valence-corrected chi connectivity index (χ2v) is 3.91. The molecule has 0 aliphatic carbocycles. The van der Waals surface area contributed by atoms with E-state index < -0.39 is 5.82 Å². The Balaban J connectivity index is 2.59. The van der Waals surface area contributed by atoms with Crippen molar-refractivity contribution in [1.29, 1.82) is 0 Å². The molecule has 1 aromatic heterocycles. The molecule has 0 saturated carbocycles. The molecule has 0 atom stereocenters. The van der Waals surface area contributed by atoms with Crippen LogP contribution in [0.15, 0.2) is 28.7 Å². The minimum absolute atomic E-state index is 0.0965. The van der Waals surface area contributed by atoms with Gasteiger partial charge in [0.1, 0.15) is 11.6 Å². The van der Waals surface area contributed by atoms with Crippen LogP contribution in [0.25, 0.3) is 11.3 Å². The maximum Gasteiger partial charge on any atom is 0.185 e. The Hall–Kier alpha value is -1.32. The van der Waals surface area contributed by atoms with Crippen LogP contribution in [0.1, 0.15) is 10.6 Å². The Labute approximate surface area is 101 Å². The lowest BCUT2D eigenvalue weighted by Gasteiger charge is -2.03. The zero-order valence-corrected chi connectivity index (χ0v) is 9.35. The van der Waals surface area contributed by atoms with Crippen molar-refractivity contribution in [3.63, 3.8) is 0 Å². The molecular weight excluding hydrogens is 254 g/mol. The summed E-state index contributed by atoms with van der Waals surface area (Å²) in [7, 11) is 0. The molecule has 1 aromatic carbocycles. The molecule has 82 valence electrons. The third kappa shape index (κ3) is 1.96. The van der Waals surface area contributed by atoms with Crippen molar-refractivity contribution in [2.45, 2.75) is 0 Å². The summed E-state index contributed by atoms with van der Waals surface area (Å²) in [6, 6.07) is 5.45. The maximum absolute atomic E-state index is 13.6. The van der Waals surface area contributed by atoms with E-state index in [4.69, 9.17) is 27.6 Å². The number of halogens is 3. The van der Waals surface area contributed by atoms with E-state index in [2.05, 4.69) is 0 Å². The number of aldehydes is 1. The second kappa shape index (κ2) is 4.28. The van der Waals surface area contributed by atoms with Crippen LogP contribution < -0.4 is 0 Å². The summed E-state index contributed by atoms with van der Waals surface area (Å²) in [5, 5.41) is 0.338. The monoisotopic (exact) mass is 258 g/mol. The van der Waals surface area contributed by atoms with Crippen molar-refractivity contribution < 1.29 is 13.6 Å². The molecule has 1 heterocycles. The van der Waals surface area contributed by atoms with Gasteiger partial charge in [0, 0.05) is 5.02 Å². The number of hydrogen-bond acceptors (Lipinski definition) is 2. The fourth-order valence-electron chi connectivity index (χ4n) is 1.33. The van der Waals surface area contributed by atoms with Gasteiger partial charge in [-0.1, -0.05) is 23.2 Å². The number of rotatable bonds is 2. The Morgan fingerprint density at radius 3 is 2.56 bits per heavy atom. The molecule has 0 N–H and O–H groups in total. The molecule has 5 heteroatoms. The average Bonchev–Trinajstić information content (AvgIpc) is 2.64. The molecule has 2 nitrogen and oxygen atoms in total. The highest BCUT2D eigenvalue weighted by atomic mass is 35.5. The van der Waals surface area contributed by atoms with Gasteiger partial charge in [-0.15, -0.1) is 0 Å². The van der Waals surface area contributed by atoms with Crippen LogP contribution in [0.5, 0.6) is 0 Å². The van der Waals surface area contributed by atoms with Gasteiger partial charge >= 0.3 is 0 Å². The van der Waals surface area contributed by atoms with Gasteiger partial charge in [-0.3, -0.25) is 4.79 Å². The van der Waals surface area contributed by atoms with Gasteiger partial charge in [0.15, 0.2) is 12.0 Å². The SMILES string of the molecule is O=Cc1ccc(-c2c(F)cc(Cl)cc2Cl)o1. The third-order valence-electron chi connectivity index (χ3n) is 2.00. The Morgan fingerprint density at radius 1 is 1.25 bits per heavy atom. The lowest BCUT2D eigenvalue weighted by Crippen LogP contribution is -1.84. The van der Waals surface area contributed by atoms with Crippen LogP contribution in [0.2, 0.25) is 10.0 Å². The van der Waals surface area contributed by atoms with E-state index in [1.54, 1.807) is 0 Å². The van der Waals surface area contributed by atoms with E-state index in [9.17, 15) is 9.18 Å². The molecule has 0 bridgehead atoms. The molecule has 0 spiro atoms. The van der Waals surface area contributed by atoms with Gasteiger partial charge in [-0.05, 0) is 24.3 Å². The molecule has 0 fully saturated rings. The summed E-state index contributed by atoms with van der Waals surface area (Å²) >= 11 is 11.5. The number of carbonyl (C=O) groups is 1. The van der Waals surface area contributed by atoms with E-state index >= 15 is 0 Å². The molecule has 0 unspecified atom stereocenters. The van der Waals surface area contributed by atoms with Crippen molar-refractivity contribution >= 4 is 29.5 Å². The molecular formula is C11H5Cl2FO2. The Kier molecular flexibility index (Phi) is 2.99. The predicted octanol–water partition coefficient (Wildman–Crippen LogP) is 4.21. The topological polar surface area (TPSA) is 30.2 Å². The van der Waals surface area contributed by atoms with Crippen molar-refractivity contribution in [2.24, 2.45) is 0 Å². The van der Waals surface area contributed by atoms with Crippen LogP contribution >= 0.6 is 23.2 Å². The Bertz CT molecular complexity index is 526. The molecule has 0 aliphatic heterocycles. The first-order chi connectivity index (χ1) is 7.61. The summed E-state index contributed by atoms with van der Waals surface area (Å²) in [4.78, 5) is 10.4. The zero-order chi connectivity index (χ0) is 11.7.